The summed E-state index contributed by atoms with van der Waals surface area (Å²) in [6.07, 6.45) is 10.2. The molecule has 3 rings (SSSR count). The Morgan fingerprint density at radius 2 is 2.10 bits per heavy atom. The first-order valence-corrected chi connectivity index (χ1v) is 8.29. The predicted octanol–water partition coefficient (Wildman–Crippen LogP) is 2.74. The molecule has 0 bridgehead atoms. The number of hydrogen-bond acceptors (Lipinski definition) is 4. The van der Waals surface area contributed by atoms with E-state index in [1.165, 1.54) is 50.6 Å². The molecule has 1 saturated heterocycles. The molecule has 2 aliphatic rings. The maximum absolute atomic E-state index is 6.13. The van der Waals surface area contributed by atoms with Gasteiger partial charge in [0.25, 0.3) is 0 Å². The van der Waals surface area contributed by atoms with Crippen molar-refractivity contribution in [1.82, 2.24) is 9.88 Å². The molecular formula is C17H27N3O. The number of nitrogens with zero attached hydrogens (tertiary/aromatic N) is 2. The van der Waals surface area contributed by atoms with Gasteiger partial charge in [-0.3, -0.25) is 4.90 Å². The van der Waals surface area contributed by atoms with Gasteiger partial charge in [0.15, 0.2) is 0 Å². The Morgan fingerprint density at radius 3 is 2.81 bits per heavy atom. The third kappa shape index (κ3) is 3.06. The first-order chi connectivity index (χ1) is 10.3. The lowest BCUT2D eigenvalue weighted by Crippen LogP contribution is -2.50. The molecule has 1 aromatic rings. The maximum Gasteiger partial charge on any atom is 0.212 e. The largest absolute Gasteiger partial charge is 0.481 e. The molecule has 4 nitrogen and oxygen atoms in total. The molecular weight excluding hydrogens is 262 g/mol. The minimum atomic E-state index is 0.300. The summed E-state index contributed by atoms with van der Waals surface area (Å²) in [6, 6.07) is 5.09. The minimum Gasteiger partial charge on any atom is -0.481 e. The van der Waals surface area contributed by atoms with E-state index in [1.807, 2.05) is 12.3 Å². The van der Waals surface area contributed by atoms with Gasteiger partial charge in [0, 0.05) is 30.9 Å². The van der Waals surface area contributed by atoms with E-state index in [2.05, 4.69) is 16.0 Å². The van der Waals surface area contributed by atoms with Gasteiger partial charge in [-0.1, -0.05) is 18.9 Å². The van der Waals surface area contributed by atoms with Crippen LogP contribution in [0.3, 0.4) is 0 Å². The summed E-state index contributed by atoms with van der Waals surface area (Å²) < 4.78 is 5.16. The van der Waals surface area contributed by atoms with Crippen molar-refractivity contribution < 1.29 is 4.74 Å². The molecule has 0 aromatic carbocycles. The Hall–Kier alpha value is -1.13. The smallest absolute Gasteiger partial charge is 0.212 e. The number of hydrogen-bond donors (Lipinski definition) is 1. The first-order valence-electron chi connectivity index (χ1n) is 8.29. The third-order valence-electron chi connectivity index (χ3n) is 5.26. The normalized spacial score (nSPS) is 27.9. The Labute approximate surface area is 127 Å². The summed E-state index contributed by atoms with van der Waals surface area (Å²) in [5, 5.41) is 0. The van der Waals surface area contributed by atoms with E-state index in [0.717, 1.165) is 12.0 Å². The molecule has 2 fully saturated rings. The number of likely N-dealkylation sites (tertiary alicyclic amines) is 1. The van der Waals surface area contributed by atoms with E-state index in [9.17, 15) is 0 Å². The number of methoxy groups -OCH3 is 1. The van der Waals surface area contributed by atoms with Crippen LogP contribution in [0.4, 0.5) is 0 Å². The molecule has 3 atom stereocenters. The van der Waals surface area contributed by atoms with Crippen LogP contribution in [0.2, 0.25) is 0 Å². The van der Waals surface area contributed by atoms with Gasteiger partial charge in [0.05, 0.1) is 7.11 Å². The van der Waals surface area contributed by atoms with Crippen LogP contribution in [-0.2, 0) is 0 Å². The molecule has 3 unspecified atom stereocenters. The molecule has 4 heteroatoms. The zero-order chi connectivity index (χ0) is 14.7. The number of pyridine rings is 1. The SMILES string of the molecule is COc1ccc(C(CN)N2CCCC3CCCCC32)cn1. The lowest BCUT2D eigenvalue weighted by molar-refractivity contribution is 0.0275. The molecule has 1 aromatic heterocycles. The zero-order valence-corrected chi connectivity index (χ0v) is 13.0. The second kappa shape index (κ2) is 6.75. The Balaban J connectivity index is 1.80. The Morgan fingerprint density at radius 1 is 1.29 bits per heavy atom. The highest BCUT2D eigenvalue weighted by atomic mass is 16.5. The average molecular weight is 289 g/mol. The van der Waals surface area contributed by atoms with Crippen molar-refractivity contribution in [3.63, 3.8) is 0 Å². The molecule has 2 N–H and O–H groups in total. The van der Waals surface area contributed by atoms with Crippen LogP contribution in [0.25, 0.3) is 0 Å². The van der Waals surface area contributed by atoms with Crippen LogP contribution in [0.5, 0.6) is 5.88 Å². The summed E-state index contributed by atoms with van der Waals surface area (Å²) in [5.74, 6) is 1.55. The standard InChI is InChI=1S/C17H27N3O/c1-21-17-9-8-14(12-19-17)16(11-18)20-10-4-6-13-5-2-3-7-15(13)20/h8-9,12-13,15-16H,2-7,10-11,18H2,1H3. The predicted molar refractivity (Wildman–Crippen MR) is 84.3 cm³/mol. The molecule has 0 amide bonds. The van der Waals surface area contributed by atoms with Gasteiger partial charge in [0.1, 0.15) is 0 Å². The van der Waals surface area contributed by atoms with E-state index >= 15 is 0 Å². The summed E-state index contributed by atoms with van der Waals surface area (Å²) in [5.41, 5.74) is 7.35. The lowest BCUT2D eigenvalue weighted by atomic mass is 9.77. The summed E-state index contributed by atoms with van der Waals surface area (Å²) in [4.78, 5) is 7.02. The summed E-state index contributed by atoms with van der Waals surface area (Å²) >= 11 is 0. The van der Waals surface area contributed by atoms with Crippen molar-refractivity contribution in [2.24, 2.45) is 11.7 Å². The van der Waals surface area contributed by atoms with Crippen molar-refractivity contribution in [2.45, 2.75) is 50.6 Å². The van der Waals surface area contributed by atoms with Gasteiger partial charge in [-0.15, -0.1) is 0 Å². The van der Waals surface area contributed by atoms with Crippen molar-refractivity contribution in [2.75, 3.05) is 20.2 Å². The molecule has 0 spiro atoms. The number of ether oxygens (including phenoxy) is 1. The van der Waals surface area contributed by atoms with Crippen LogP contribution in [0.15, 0.2) is 18.3 Å². The van der Waals surface area contributed by atoms with Gasteiger partial charge in [-0.05, 0) is 43.7 Å². The van der Waals surface area contributed by atoms with Crippen LogP contribution in [0.1, 0.15) is 50.1 Å². The number of piperidine rings is 1. The van der Waals surface area contributed by atoms with E-state index in [-0.39, 0.29) is 0 Å². The second-order valence-electron chi connectivity index (χ2n) is 6.38. The minimum absolute atomic E-state index is 0.300. The topological polar surface area (TPSA) is 51.4 Å². The number of nitrogens with two attached hydrogens (primary N) is 1. The fourth-order valence-corrected chi connectivity index (χ4v) is 4.22. The van der Waals surface area contributed by atoms with E-state index in [0.29, 0.717) is 18.5 Å². The Bertz CT molecular complexity index is 446. The van der Waals surface area contributed by atoms with Gasteiger partial charge < -0.3 is 10.5 Å². The molecule has 1 aliphatic carbocycles. The molecule has 116 valence electrons. The Kier molecular flexibility index (Phi) is 4.76. The quantitative estimate of drug-likeness (QED) is 0.926. The van der Waals surface area contributed by atoms with E-state index in [4.69, 9.17) is 10.5 Å². The summed E-state index contributed by atoms with van der Waals surface area (Å²) in [7, 11) is 1.65. The van der Waals surface area contributed by atoms with Gasteiger partial charge in [-0.2, -0.15) is 0 Å². The fourth-order valence-electron chi connectivity index (χ4n) is 4.22. The molecule has 0 radical (unpaired) electrons. The van der Waals surface area contributed by atoms with Crippen LogP contribution >= 0.6 is 0 Å². The maximum atomic E-state index is 6.13. The van der Waals surface area contributed by atoms with Crippen molar-refractivity contribution >= 4 is 0 Å². The monoisotopic (exact) mass is 289 g/mol. The lowest BCUT2D eigenvalue weighted by Gasteiger charge is -2.47. The van der Waals surface area contributed by atoms with E-state index in [1.54, 1.807) is 7.11 Å². The molecule has 1 aliphatic heterocycles. The number of rotatable bonds is 4. The highest BCUT2D eigenvalue weighted by Crippen LogP contribution is 2.39. The highest BCUT2D eigenvalue weighted by Gasteiger charge is 2.36. The molecule has 2 heterocycles. The first kappa shape index (κ1) is 14.8. The molecule has 1 saturated carbocycles. The van der Waals surface area contributed by atoms with Gasteiger partial charge in [-0.25, -0.2) is 4.98 Å². The number of fused-ring (bicyclic) bond motifs is 1. The van der Waals surface area contributed by atoms with Crippen molar-refractivity contribution in [3.05, 3.63) is 23.9 Å². The van der Waals surface area contributed by atoms with Crippen molar-refractivity contribution in [3.8, 4) is 5.88 Å². The third-order valence-corrected chi connectivity index (χ3v) is 5.26. The van der Waals surface area contributed by atoms with Crippen LogP contribution in [0, 0.1) is 5.92 Å². The number of aromatic nitrogens is 1. The van der Waals surface area contributed by atoms with Gasteiger partial charge >= 0.3 is 0 Å². The van der Waals surface area contributed by atoms with Gasteiger partial charge in [0.2, 0.25) is 5.88 Å². The van der Waals surface area contributed by atoms with Crippen molar-refractivity contribution in [1.29, 1.82) is 0 Å². The second-order valence-corrected chi connectivity index (χ2v) is 6.38. The van der Waals surface area contributed by atoms with Crippen LogP contribution in [-0.4, -0.2) is 36.1 Å². The zero-order valence-electron chi connectivity index (χ0n) is 13.0. The molecule has 21 heavy (non-hydrogen) atoms. The highest BCUT2D eigenvalue weighted by molar-refractivity contribution is 5.21. The average Bonchev–Trinajstić information content (AvgIpc) is 2.56. The summed E-state index contributed by atoms with van der Waals surface area (Å²) in [6.45, 7) is 1.84. The van der Waals surface area contributed by atoms with E-state index < -0.39 is 0 Å². The fraction of sp³-hybridized carbons (Fsp3) is 0.706. The van der Waals surface area contributed by atoms with Crippen LogP contribution < -0.4 is 10.5 Å².